The van der Waals surface area contributed by atoms with Crippen molar-refractivity contribution >= 4 is 104 Å². The summed E-state index contributed by atoms with van der Waals surface area (Å²) in [5, 5.41) is 44.7. The van der Waals surface area contributed by atoms with Crippen molar-refractivity contribution in [2.24, 2.45) is 4.99 Å². The van der Waals surface area contributed by atoms with Crippen molar-refractivity contribution < 1.29 is 65.0 Å². The maximum Gasteiger partial charge on any atom is 0.295 e. The molecule has 0 radical (unpaired) electrons. The maximum absolute atomic E-state index is 12.5. The Morgan fingerprint density at radius 3 is 2.09 bits per heavy atom. The van der Waals surface area contributed by atoms with E-state index in [0.29, 0.717) is 28.2 Å². The molecule has 2 aromatic heterocycles. The van der Waals surface area contributed by atoms with Crippen LogP contribution in [0.15, 0.2) is 51.2 Å². The van der Waals surface area contributed by atoms with Crippen molar-refractivity contribution in [2.45, 2.75) is 16.7 Å². The van der Waals surface area contributed by atoms with Gasteiger partial charge in [-0.15, -0.1) is 8.67 Å². The molecule has 2 heterocycles. The number of nitrogens with zero attached hydrogens (tertiary/aromatic N) is 7. The van der Waals surface area contributed by atoms with E-state index in [1.54, 1.807) is 19.1 Å². The van der Waals surface area contributed by atoms with E-state index in [4.69, 9.17) is 24.9 Å². The number of benzene rings is 2. The summed E-state index contributed by atoms with van der Waals surface area (Å²) in [4.78, 5) is 29.0. The number of aryl methyl sites for hydroxylation is 1. The molecule has 29 heteroatoms. The third-order valence-corrected chi connectivity index (χ3v) is 9.35. The van der Waals surface area contributed by atoms with E-state index >= 15 is 0 Å². The van der Waals surface area contributed by atoms with Crippen LogP contribution >= 0.6 is 24.1 Å². The summed E-state index contributed by atoms with van der Waals surface area (Å²) < 4.78 is 80.7. The van der Waals surface area contributed by atoms with Crippen LogP contribution in [0.4, 0.5) is 41.1 Å². The number of ether oxygens (including phenoxy) is 1. The standard InChI is InChI=1S/C29H35N11O14S4/c1-18-33-25(31-9-14-55-53-51-42)38-28(34-18)36-22-7-5-20(24(17-22)58(47,48)49)3-2-19-4-6-21(16-23(19)56-54-52-43)35-29-39-26(30-8-12-50-13-11-41)37-27(40-29)32-10-15-57(44,45)46/h2-7,9,16-17,41-43H,8,10-15H2,1H3,(H,44,45,46)(H,47,48,49)(H,33,34,36,38)(H3,30,32,35,37,39,40). The molecule has 4 rings (SSSR count). The van der Waals surface area contributed by atoms with Crippen molar-refractivity contribution in [3.05, 3.63) is 53.3 Å². The molecule has 25 nitrogen and oxygen atoms in total. The van der Waals surface area contributed by atoms with E-state index in [1.165, 1.54) is 36.6 Å². The highest BCUT2D eigenvalue weighted by atomic mass is 32.2. The van der Waals surface area contributed by atoms with Gasteiger partial charge in [0, 0.05) is 47.6 Å². The topological polar surface area (TPSA) is 353 Å². The molecule has 0 fully saturated rings. The van der Waals surface area contributed by atoms with E-state index in [9.17, 15) is 21.4 Å². The molecule has 58 heavy (non-hydrogen) atoms. The molecular formula is C29H35N11O14S4. The van der Waals surface area contributed by atoms with Gasteiger partial charge in [0.15, 0.2) is 0 Å². The van der Waals surface area contributed by atoms with Gasteiger partial charge in [0.25, 0.3) is 26.2 Å². The van der Waals surface area contributed by atoms with Crippen molar-refractivity contribution in [1.29, 1.82) is 0 Å². The van der Waals surface area contributed by atoms with Crippen molar-refractivity contribution in [2.75, 3.05) is 65.7 Å². The number of rotatable bonds is 25. The highest BCUT2D eigenvalue weighted by Crippen LogP contribution is 2.31. The normalized spacial score (nSPS) is 12.0. The summed E-state index contributed by atoms with van der Waals surface area (Å²) in [6, 6.07) is 8.81. The number of aliphatic hydroxyl groups is 1. The Morgan fingerprint density at radius 1 is 0.776 bits per heavy atom. The van der Waals surface area contributed by atoms with Crippen LogP contribution in [-0.2, 0) is 43.7 Å². The Morgan fingerprint density at radius 2 is 1.41 bits per heavy atom. The van der Waals surface area contributed by atoms with Crippen LogP contribution in [0.25, 0.3) is 12.2 Å². The van der Waals surface area contributed by atoms with Gasteiger partial charge in [-0.2, -0.15) is 46.7 Å². The number of aliphatic hydroxyl groups excluding tert-OH is 1. The zero-order valence-electron chi connectivity index (χ0n) is 29.8. The second kappa shape index (κ2) is 23.0. The number of aromatic nitrogens is 6. The van der Waals surface area contributed by atoms with Crippen LogP contribution in [0.3, 0.4) is 0 Å². The monoisotopic (exact) mass is 889 g/mol. The van der Waals surface area contributed by atoms with E-state index in [0.717, 1.165) is 18.1 Å². The van der Waals surface area contributed by atoms with E-state index in [2.05, 4.69) is 74.9 Å². The lowest BCUT2D eigenvalue weighted by Crippen LogP contribution is -2.18. The Bertz CT molecular complexity index is 2260. The molecule has 2 aromatic carbocycles. The number of hydrogen-bond acceptors (Lipinski definition) is 25. The fraction of sp³-hybridized carbons (Fsp3) is 0.276. The minimum Gasteiger partial charge on any atom is -0.394 e. The van der Waals surface area contributed by atoms with E-state index in [-0.39, 0.29) is 85.5 Å². The summed E-state index contributed by atoms with van der Waals surface area (Å²) in [6.45, 7) is 1.77. The van der Waals surface area contributed by atoms with Gasteiger partial charge in [0.1, 0.15) is 10.7 Å². The first-order valence-electron chi connectivity index (χ1n) is 16.1. The molecule has 0 aliphatic heterocycles. The molecule has 0 spiro atoms. The maximum atomic E-state index is 12.5. The van der Waals surface area contributed by atoms with Crippen LogP contribution in [0.1, 0.15) is 17.0 Å². The fourth-order valence-corrected chi connectivity index (χ4v) is 6.16. The molecule has 0 aliphatic rings. The second-order valence-corrected chi connectivity index (χ2v) is 15.2. The molecule has 0 unspecified atom stereocenters. The molecule has 0 aliphatic carbocycles. The van der Waals surface area contributed by atoms with Gasteiger partial charge in [0.2, 0.25) is 23.8 Å². The molecule has 0 bridgehead atoms. The first-order valence-corrected chi connectivity index (χ1v) is 20.8. The summed E-state index contributed by atoms with van der Waals surface area (Å²) >= 11 is 1.33. The van der Waals surface area contributed by atoms with E-state index in [1.807, 2.05) is 0 Å². The second-order valence-electron chi connectivity index (χ2n) is 10.8. The molecule has 9 N–H and O–H groups in total. The fourth-order valence-electron chi connectivity index (χ4n) is 4.35. The van der Waals surface area contributed by atoms with Gasteiger partial charge in [-0.05, 0) is 42.3 Å². The minimum absolute atomic E-state index is 0.0107. The van der Waals surface area contributed by atoms with Gasteiger partial charge < -0.3 is 31.1 Å². The Kier molecular flexibility index (Phi) is 18.2. The number of aliphatic imine (C=N–C) groups is 1. The van der Waals surface area contributed by atoms with Crippen LogP contribution < -0.4 is 21.3 Å². The molecule has 0 amide bonds. The van der Waals surface area contributed by atoms with Crippen LogP contribution in [0.2, 0.25) is 0 Å². The molecule has 0 atom stereocenters. The van der Waals surface area contributed by atoms with E-state index < -0.39 is 30.9 Å². The third-order valence-electron chi connectivity index (χ3n) is 6.62. The van der Waals surface area contributed by atoms with Crippen molar-refractivity contribution in [1.82, 2.24) is 29.9 Å². The zero-order chi connectivity index (χ0) is 42.0. The number of hydrogen-bond donors (Lipinski definition) is 9. The SMILES string of the molecule is Cc1nc(N=CCSOOO)nc(Nc2ccc(C=Cc3ccc(Nc4nc(NCCOCCO)nc(NCCS(=O)(=O)O)n4)cc3SOOO)c(S(=O)(=O)O)c2)n1. The van der Waals surface area contributed by atoms with Crippen LogP contribution in [0, 0.1) is 6.92 Å². The zero-order valence-corrected chi connectivity index (χ0v) is 33.1. The summed E-state index contributed by atoms with van der Waals surface area (Å²) in [5.41, 5.74) is 1.06. The largest absolute Gasteiger partial charge is 0.394 e. The van der Waals surface area contributed by atoms with Gasteiger partial charge in [-0.3, -0.25) is 9.11 Å². The molecule has 314 valence electrons. The van der Waals surface area contributed by atoms with Gasteiger partial charge in [-0.25, -0.2) is 15.5 Å². The molecular weight excluding hydrogens is 855 g/mol. The molecule has 0 saturated carbocycles. The van der Waals surface area contributed by atoms with Crippen LogP contribution in [-0.4, -0.2) is 122 Å². The van der Waals surface area contributed by atoms with Gasteiger partial charge in [-0.1, -0.05) is 34.4 Å². The Labute approximate surface area is 338 Å². The minimum atomic E-state index is -4.78. The van der Waals surface area contributed by atoms with Crippen molar-refractivity contribution in [3.63, 3.8) is 0 Å². The Balaban J connectivity index is 1.57. The lowest BCUT2D eigenvalue weighted by atomic mass is 10.1. The summed E-state index contributed by atoms with van der Waals surface area (Å²) in [6.07, 6.45) is 4.29. The lowest BCUT2D eigenvalue weighted by molar-refractivity contribution is -0.432. The van der Waals surface area contributed by atoms with Crippen LogP contribution in [0.5, 0.6) is 0 Å². The third kappa shape index (κ3) is 16.3. The average Bonchev–Trinajstić information content (AvgIpc) is 3.15. The van der Waals surface area contributed by atoms with Gasteiger partial charge in [0.05, 0.1) is 43.4 Å². The summed E-state index contributed by atoms with van der Waals surface area (Å²) in [5.74, 6) is -0.104. The van der Waals surface area contributed by atoms with Crippen molar-refractivity contribution in [3.8, 4) is 0 Å². The average molecular weight is 890 g/mol. The molecule has 4 aromatic rings. The summed E-state index contributed by atoms with van der Waals surface area (Å²) in [7, 11) is -9.05. The lowest BCUT2D eigenvalue weighted by Gasteiger charge is -2.13. The quantitative estimate of drug-likeness (QED) is 0.00877. The Hall–Kier alpha value is -4.73. The first kappa shape index (κ1) is 46.0. The first-order chi connectivity index (χ1) is 27.8. The highest BCUT2D eigenvalue weighted by Gasteiger charge is 2.17. The highest BCUT2D eigenvalue weighted by molar-refractivity contribution is 7.95. The number of anilines is 6. The predicted octanol–water partition coefficient (Wildman–Crippen LogP) is 3.19. The van der Waals surface area contributed by atoms with Gasteiger partial charge >= 0.3 is 0 Å². The molecule has 0 saturated heterocycles. The number of nitrogens with one attached hydrogen (secondary N) is 4. The smallest absolute Gasteiger partial charge is 0.295 e. The predicted molar refractivity (Wildman–Crippen MR) is 210 cm³/mol.